The fourth-order valence-corrected chi connectivity index (χ4v) is 3.12. The van der Waals surface area contributed by atoms with E-state index in [0.717, 1.165) is 42.8 Å². The predicted octanol–water partition coefficient (Wildman–Crippen LogP) is 5.03. The van der Waals surface area contributed by atoms with Gasteiger partial charge in [0.05, 0.1) is 18.9 Å². The Balaban J connectivity index is 0.00000165. The van der Waals surface area contributed by atoms with Crippen LogP contribution >= 0.6 is 0 Å². The van der Waals surface area contributed by atoms with E-state index in [9.17, 15) is 0 Å². The molecule has 1 amide bonds. The molecular formula is C31H47N5O. The number of hydrogen-bond donors (Lipinski definition) is 3. The molecule has 0 aliphatic carbocycles. The molecule has 1 unspecified atom stereocenters. The van der Waals surface area contributed by atoms with Crippen molar-refractivity contribution in [1.82, 2.24) is 21.0 Å². The van der Waals surface area contributed by atoms with Crippen LogP contribution in [0.25, 0.3) is 0 Å². The standard InChI is InChI=1S/C26H34N4.C3H8.C2H5NO/c1-4-19-27-20-13-12-14-23(3)28-22-30(21-5-2)29-26(24-15-8-6-9-16-24)25-17-10-7-11-18-25;1-3-2;1-3-2-4/h2,4,6-11,15-18,23,27-28H,1,12-14,19-22H2,3H3;3H2,1-2H3;2H,1H3,(H,3,4). The van der Waals surface area contributed by atoms with Crippen LogP contribution in [0.2, 0.25) is 0 Å². The summed E-state index contributed by atoms with van der Waals surface area (Å²) >= 11 is 0. The zero-order valence-electron chi connectivity index (χ0n) is 23.2. The third-order valence-electron chi connectivity index (χ3n) is 4.88. The van der Waals surface area contributed by atoms with Gasteiger partial charge >= 0.3 is 0 Å². The summed E-state index contributed by atoms with van der Waals surface area (Å²) in [5.74, 6) is 2.73. The van der Waals surface area contributed by atoms with E-state index < -0.39 is 0 Å². The summed E-state index contributed by atoms with van der Waals surface area (Å²) < 4.78 is 0. The number of nitrogens with one attached hydrogen (secondary N) is 3. The Morgan fingerprint density at radius 3 is 2.08 bits per heavy atom. The fraction of sp³-hybridized carbons (Fsp3) is 0.419. The van der Waals surface area contributed by atoms with Gasteiger partial charge < -0.3 is 10.6 Å². The van der Waals surface area contributed by atoms with Gasteiger partial charge in [0.25, 0.3) is 0 Å². The van der Waals surface area contributed by atoms with Gasteiger partial charge in [-0.1, -0.05) is 99.3 Å². The molecule has 0 spiro atoms. The van der Waals surface area contributed by atoms with E-state index in [4.69, 9.17) is 16.3 Å². The summed E-state index contributed by atoms with van der Waals surface area (Å²) in [5, 5.41) is 16.0. The molecule has 2 aromatic rings. The number of carbonyl (C=O) groups is 1. The smallest absolute Gasteiger partial charge is 0.206 e. The van der Waals surface area contributed by atoms with Crippen molar-refractivity contribution in [3.05, 3.63) is 84.4 Å². The number of terminal acetylenes is 1. The van der Waals surface area contributed by atoms with Crippen LogP contribution < -0.4 is 16.0 Å². The van der Waals surface area contributed by atoms with Gasteiger partial charge in [0, 0.05) is 30.8 Å². The molecular weight excluding hydrogens is 458 g/mol. The average molecular weight is 506 g/mol. The van der Waals surface area contributed by atoms with Gasteiger partial charge in [0.1, 0.15) is 0 Å². The summed E-state index contributed by atoms with van der Waals surface area (Å²) in [6.07, 6.45) is 12.9. The molecule has 37 heavy (non-hydrogen) atoms. The zero-order chi connectivity index (χ0) is 27.6. The molecule has 0 radical (unpaired) electrons. The first kappa shape index (κ1) is 33.6. The Labute approximate surface area is 225 Å². The van der Waals surface area contributed by atoms with Crippen LogP contribution in [-0.4, -0.2) is 56.5 Å². The molecule has 3 N–H and O–H groups in total. The molecule has 0 aromatic heterocycles. The minimum atomic E-state index is 0.400. The van der Waals surface area contributed by atoms with Gasteiger partial charge in [-0.05, 0) is 26.3 Å². The number of carbonyl (C=O) groups excluding carboxylic acids is 1. The topological polar surface area (TPSA) is 68.8 Å². The van der Waals surface area contributed by atoms with Crippen LogP contribution in [0, 0.1) is 12.3 Å². The lowest BCUT2D eigenvalue weighted by atomic mass is 10.0. The molecule has 0 aliphatic rings. The van der Waals surface area contributed by atoms with Crippen LogP contribution in [0.1, 0.15) is 57.6 Å². The van der Waals surface area contributed by atoms with Gasteiger partial charge in [-0.25, -0.2) is 0 Å². The van der Waals surface area contributed by atoms with Gasteiger partial charge in [-0.2, -0.15) is 5.10 Å². The van der Waals surface area contributed by atoms with E-state index in [2.05, 4.69) is 73.5 Å². The normalized spacial score (nSPS) is 10.2. The average Bonchev–Trinajstić information content (AvgIpc) is 2.93. The molecule has 6 heteroatoms. The number of unbranched alkanes of at least 4 members (excludes halogenated alkanes) is 1. The minimum Gasteiger partial charge on any atom is -0.362 e. The van der Waals surface area contributed by atoms with Crippen LogP contribution in [-0.2, 0) is 4.79 Å². The van der Waals surface area contributed by atoms with Crippen molar-refractivity contribution in [3.8, 4) is 12.3 Å². The van der Waals surface area contributed by atoms with Gasteiger partial charge in [0.2, 0.25) is 6.41 Å². The molecule has 0 saturated heterocycles. The Morgan fingerprint density at radius 2 is 1.62 bits per heavy atom. The lowest BCUT2D eigenvalue weighted by Crippen LogP contribution is -2.37. The van der Waals surface area contributed by atoms with Gasteiger partial charge in [-0.3, -0.25) is 15.1 Å². The van der Waals surface area contributed by atoms with Crippen molar-refractivity contribution in [3.63, 3.8) is 0 Å². The summed E-state index contributed by atoms with van der Waals surface area (Å²) in [6.45, 7) is 13.2. The van der Waals surface area contributed by atoms with E-state index in [1.165, 1.54) is 12.8 Å². The first-order valence-electron chi connectivity index (χ1n) is 13.1. The van der Waals surface area contributed by atoms with Crippen molar-refractivity contribution in [2.45, 2.75) is 52.5 Å². The Hall–Kier alpha value is -3.40. The lowest BCUT2D eigenvalue weighted by Gasteiger charge is -2.22. The van der Waals surface area contributed by atoms with E-state index in [-0.39, 0.29) is 0 Å². The Bertz CT molecular complexity index is 836. The molecule has 0 bridgehead atoms. The quantitative estimate of drug-likeness (QED) is 0.0604. The highest BCUT2D eigenvalue weighted by molar-refractivity contribution is 6.12. The van der Waals surface area contributed by atoms with Gasteiger partial charge in [-0.15, -0.1) is 13.0 Å². The Kier molecular flexibility index (Phi) is 22.1. The zero-order valence-corrected chi connectivity index (χ0v) is 23.2. The lowest BCUT2D eigenvalue weighted by molar-refractivity contribution is -0.109. The van der Waals surface area contributed by atoms with Crippen LogP contribution in [0.4, 0.5) is 0 Å². The molecule has 6 nitrogen and oxygen atoms in total. The van der Waals surface area contributed by atoms with Crippen LogP contribution in [0.3, 0.4) is 0 Å². The first-order chi connectivity index (χ1) is 18.1. The highest BCUT2D eigenvalue weighted by Crippen LogP contribution is 2.12. The highest BCUT2D eigenvalue weighted by atomic mass is 16.1. The maximum Gasteiger partial charge on any atom is 0.206 e. The van der Waals surface area contributed by atoms with Crippen molar-refractivity contribution in [2.24, 2.45) is 5.10 Å². The molecule has 202 valence electrons. The van der Waals surface area contributed by atoms with Crippen LogP contribution in [0.15, 0.2) is 78.4 Å². The number of benzene rings is 2. The van der Waals surface area contributed by atoms with Crippen molar-refractivity contribution in [1.29, 1.82) is 0 Å². The molecule has 0 aliphatic heterocycles. The second-order valence-corrected chi connectivity index (χ2v) is 8.41. The molecule has 1 atom stereocenters. The number of rotatable bonds is 15. The number of hydrazone groups is 1. The van der Waals surface area contributed by atoms with E-state index >= 15 is 0 Å². The predicted molar refractivity (Wildman–Crippen MR) is 160 cm³/mol. The minimum absolute atomic E-state index is 0.400. The number of hydrogen-bond acceptors (Lipinski definition) is 5. The van der Waals surface area contributed by atoms with Crippen molar-refractivity contribution < 1.29 is 4.79 Å². The third-order valence-corrected chi connectivity index (χ3v) is 4.88. The maximum absolute atomic E-state index is 9.06. The Morgan fingerprint density at radius 1 is 1.08 bits per heavy atom. The fourth-order valence-electron chi connectivity index (χ4n) is 3.12. The number of amides is 1. The molecule has 0 heterocycles. The second-order valence-electron chi connectivity index (χ2n) is 8.41. The molecule has 0 fully saturated rings. The summed E-state index contributed by atoms with van der Waals surface area (Å²) in [4.78, 5) is 9.06. The summed E-state index contributed by atoms with van der Waals surface area (Å²) in [5.41, 5.74) is 3.07. The second kappa shape index (κ2) is 24.3. The third kappa shape index (κ3) is 17.6. The van der Waals surface area contributed by atoms with Gasteiger partial charge in [0.15, 0.2) is 0 Å². The summed E-state index contributed by atoms with van der Waals surface area (Å²) in [6, 6.07) is 20.9. The van der Waals surface area contributed by atoms with Crippen molar-refractivity contribution >= 4 is 12.1 Å². The van der Waals surface area contributed by atoms with E-state index in [1.807, 2.05) is 47.5 Å². The first-order valence-corrected chi connectivity index (χ1v) is 13.1. The highest BCUT2D eigenvalue weighted by Gasteiger charge is 2.10. The SMILES string of the molecule is C#CCN(CNC(C)CCCCNCC=C)N=C(c1ccccc1)c1ccccc1.CCC.CNC=O. The maximum atomic E-state index is 9.06. The van der Waals surface area contributed by atoms with Crippen molar-refractivity contribution in [2.75, 3.05) is 33.4 Å². The summed E-state index contributed by atoms with van der Waals surface area (Å²) in [7, 11) is 1.56. The monoisotopic (exact) mass is 505 g/mol. The number of nitrogens with zero attached hydrogens (tertiary/aromatic N) is 2. The van der Waals surface area contributed by atoms with Crippen LogP contribution in [0.5, 0.6) is 0 Å². The molecule has 2 aromatic carbocycles. The molecule has 2 rings (SSSR count). The van der Waals surface area contributed by atoms with E-state index in [0.29, 0.717) is 25.7 Å². The molecule has 0 saturated carbocycles. The largest absolute Gasteiger partial charge is 0.362 e. The van der Waals surface area contributed by atoms with E-state index in [1.54, 1.807) is 7.05 Å².